The van der Waals surface area contributed by atoms with E-state index in [9.17, 15) is 13.2 Å². The lowest BCUT2D eigenvalue weighted by Gasteiger charge is -2.03. The third-order valence-electron chi connectivity index (χ3n) is 1.66. The second-order valence-corrected chi connectivity index (χ2v) is 4.88. The van der Waals surface area contributed by atoms with Gasteiger partial charge in [0, 0.05) is 6.54 Å². The minimum Gasteiger partial charge on any atom is -0.480 e. The van der Waals surface area contributed by atoms with Crippen molar-refractivity contribution in [2.24, 2.45) is 17.2 Å². The number of carboxylic acids is 1. The smallest absolute Gasteiger partial charge is 0.320 e. The maximum absolute atomic E-state index is 10.1. The van der Waals surface area contributed by atoms with Crippen molar-refractivity contribution < 1.29 is 22.9 Å². The van der Waals surface area contributed by atoms with Crippen LogP contribution in [0.25, 0.3) is 0 Å². The lowest BCUT2D eigenvalue weighted by Crippen LogP contribution is -2.29. The fourth-order valence-corrected chi connectivity index (χ4v) is 1.08. The number of hydrogen-bond acceptors (Lipinski definition) is 6. The van der Waals surface area contributed by atoms with E-state index in [1.807, 2.05) is 0 Å². The van der Waals surface area contributed by atoms with Crippen LogP contribution in [-0.4, -0.2) is 48.9 Å². The summed E-state index contributed by atoms with van der Waals surface area (Å²) < 4.78 is 27.3. The van der Waals surface area contributed by atoms with Crippen molar-refractivity contribution in [2.75, 3.05) is 18.8 Å². The summed E-state index contributed by atoms with van der Waals surface area (Å²) in [5.74, 6) is -1.29. The number of hydrogen-bond donors (Lipinski definition) is 5. The van der Waals surface area contributed by atoms with E-state index in [4.69, 9.17) is 26.9 Å². The summed E-state index contributed by atoms with van der Waals surface area (Å²) in [5.41, 5.74) is 15.2. The quantitative estimate of drug-likeness (QED) is 0.271. The molecule has 0 aromatic rings. The minimum atomic E-state index is -3.80. The summed E-state index contributed by atoms with van der Waals surface area (Å²) in [6.07, 6.45) is 2.16. The molecule has 0 bridgehead atoms. The molecule has 8 nitrogen and oxygen atoms in total. The number of rotatable bonds is 7. The van der Waals surface area contributed by atoms with Gasteiger partial charge in [-0.25, -0.2) is 0 Å². The van der Waals surface area contributed by atoms with Crippen LogP contribution < -0.4 is 17.2 Å². The molecule has 0 saturated heterocycles. The van der Waals surface area contributed by atoms with Crippen molar-refractivity contribution >= 4 is 16.1 Å². The third kappa shape index (κ3) is 17.9. The van der Waals surface area contributed by atoms with Gasteiger partial charge in [-0.05, 0) is 19.4 Å². The van der Waals surface area contributed by atoms with Gasteiger partial charge in [-0.15, -0.1) is 0 Å². The maximum atomic E-state index is 10.1. The van der Waals surface area contributed by atoms with Gasteiger partial charge < -0.3 is 22.3 Å². The predicted molar refractivity (Wildman–Crippen MR) is 64.0 cm³/mol. The van der Waals surface area contributed by atoms with E-state index in [1.54, 1.807) is 0 Å². The van der Waals surface area contributed by atoms with E-state index in [1.165, 1.54) is 0 Å². The number of aliphatic carboxylic acids is 1. The summed E-state index contributed by atoms with van der Waals surface area (Å²) in [7, 11) is -3.80. The Morgan fingerprint density at radius 1 is 1.18 bits per heavy atom. The summed E-state index contributed by atoms with van der Waals surface area (Å²) >= 11 is 0. The van der Waals surface area contributed by atoms with Crippen molar-refractivity contribution in [1.82, 2.24) is 0 Å². The van der Waals surface area contributed by atoms with Gasteiger partial charge in [0.2, 0.25) is 0 Å². The Morgan fingerprint density at radius 3 is 1.94 bits per heavy atom. The average molecular weight is 271 g/mol. The van der Waals surface area contributed by atoms with E-state index in [0.717, 1.165) is 12.8 Å². The van der Waals surface area contributed by atoms with Gasteiger partial charge in [0.15, 0.2) is 0 Å². The first-order valence-corrected chi connectivity index (χ1v) is 6.69. The molecule has 0 saturated carbocycles. The predicted octanol–water partition coefficient (Wildman–Crippen LogP) is -1.64. The van der Waals surface area contributed by atoms with Gasteiger partial charge in [-0.2, -0.15) is 8.42 Å². The molecular formula is C8H21N3O5S. The van der Waals surface area contributed by atoms with E-state index in [2.05, 4.69) is 0 Å². The number of unbranched alkanes of at least 4 members (excludes halogenated alkanes) is 1. The molecule has 0 fully saturated rings. The summed E-state index contributed by atoms with van der Waals surface area (Å²) in [5, 5.41) is 8.33. The van der Waals surface area contributed by atoms with Crippen LogP contribution in [0.2, 0.25) is 0 Å². The van der Waals surface area contributed by atoms with Crippen molar-refractivity contribution in [3.8, 4) is 0 Å². The molecule has 1 atom stereocenters. The van der Waals surface area contributed by atoms with E-state index < -0.39 is 22.1 Å². The zero-order valence-electron chi connectivity index (χ0n) is 9.58. The Hall–Kier alpha value is -0.740. The van der Waals surface area contributed by atoms with Gasteiger partial charge in [0.25, 0.3) is 10.1 Å². The molecule has 0 aliphatic rings. The molecule has 0 aromatic heterocycles. The van der Waals surface area contributed by atoms with Gasteiger partial charge in [-0.1, -0.05) is 6.42 Å². The normalized spacial score (nSPS) is 12.5. The molecule has 0 aromatic carbocycles. The molecule has 104 valence electrons. The Morgan fingerprint density at radius 2 is 1.71 bits per heavy atom. The highest BCUT2D eigenvalue weighted by Gasteiger charge is 2.09. The monoisotopic (exact) mass is 271 g/mol. The Balaban J connectivity index is 0. The van der Waals surface area contributed by atoms with Crippen LogP contribution >= 0.6 is 0 Å². The molecule has 0 spiro atoms. The molecule has 0 amide bonds. The van der Waals surface area contributed by atoms with Crippen molar-refractivity contribution in [1.29, 1.82) is 0 Å². The van der Waals surface area contributed by atoms with E-state index in [-0.39, 0.29) is 12.3 Å². The lowest BCUT2D eigenvalue weighted by atomic mass is 10.1. The summed E-state index contributed by atoms with van der Waals surface area (Å²) in [4.78, 5) is 10.1. The van der Waals surface area contributed by atoms with Crippen LogP contribution in [0.1, 0.15) is 19.3 Å². The topological polar surface area (TPSA) is 170 Å². The van der Waals surface area contributed by atoms with Crippen LogP contribution in [0, 0.1) is 0 Å². The van der Waals surface area contributed by atoms with Crippen LogP contribution in [0.4, 0.5) is 0 Å². The van der Waals surface area contributed by atoms with Crippen molar-refractivity contribution in [2.45, 2.75) is 25.3 Å². The molecule has 0 radical (unpaired) electrons. The summed E-state index contributed by atoms with van der Waals surface area (Å²) in [6.45, 7) is 0.575. The molecular weight excluding hydrogens is 250 g/mol. The molecule has 0 heterocycles. The first-order valence-electron chi connectivity index (χ1n) is 5.08. The SMILES string of the molecule is NCCCC[C@H](N)C(=O)O.NCCS(=O)(=O)O. The molecule has 9 heteroatoms. The lowest BCUT2D eigenvalue weighted by molar-refractivity contribution is -0.138. The fraction of sp³-hybridized carbons (Fsp3) is 0.875. The number of nitrogens with two attached hydrogens (primary N) is 3. The van der Waals surface area contributed by atoms with Crippen LogP contribution in [0.15, 0.2) is 0 Å². The number of carboxylic acid groups (broad SMARTS) is 1. The Labute approximate surface area is 101 Å². The first kappa shape index (κ1) is 18.6. The van der Waals surface area contributed by atoms with E-state index >= 15 is 0 Å². The van der Waals surface area contributed by atoms with Crippen molar-refractivity contribution in [3.05, 3.63) is 0 Å². The highest BCUT2D eigenvalue weighted by molar-refractivity contribution is 7.85. The Kier molecular flexibility index (Phi) is 11.4. The average Bonchev–Trinajstić information content (AvgIpc) is 2.16. The van der Waals surface area contributed by atoms with Gasteiger partial charge in [0.05, 0.1) is 5.75 Å². The second kappa shape index (κ2) is 10.4. The third-order valence-corrected chi connectivity index (χ3v) is 2.41. The zero-order chi connectivity index (χ0) is 13.9. The minimum absolute atomic E-state index is 0.0289. The standard InChI is InChI=1S/C6H14N2O2.C2H7NO3S/c7-4-2-1-3-5(8)6(9)10;3-1-2-7(4,5)6/h5H,1-4,7-8H2,(H,9,10);1-3H2,(H,4,5,6)/t5-;/m0./s1. The van der Waals surface area contributed by atoms with Crippen molar-refractivity contribution in [3.63, 3.8) is 0 Å². The largest absolute Gasteiger partial charge is 0.480 e. The molecule has 0 aliphatic carbocycles. The first-order chi connectivity index (χ1) is 7.74. The number of carbonyl (C=O) groups is 1. The van der Waals surface area contributed by atoms with Gasteiger partial charge in [0.1, 0.15) is 6.04 Å². The molecule has 8 N–H and O–H groups in total. The Bertz CT molecular complexity index is 294. The highest BCUT2D eigenvalue weighted by Crippen LogP contribution is 1.96. The summed E-state index contributed by atoms with van der Waals surface area (Å²) in [6, 6.07) is -0.716. The molecule has 0 aliphatic heterocycles. The van der Waals surface area contributed by atoms with Crippen LogP contribution in [0.3, 0.4) is 0 Å². The molecule has 0 rings (SSSR count). The maximum Gasteiger partial charge on any atom is 0.320 e. The van der Waals surface area contributed by atoms with Crippen LogP contribution in [-0.2, 0) is 14.9 Å². The second-order valence-electron chi connectivity index (χ2n) is 3.30. The highest BCUT2D eigenvalue weighted by atomic mass is 32.2. The van der Waals surface area contributed by atoms with Gasteiger partial charge >= 0.3 is 5.97 Å². The van der Waals surface area contributed by atoms with Gasteiger partial charge in [-0.3, -0.25) is 9.35 Å². The molecule has 0 unspecified atom stereocenters. The van der Waals surface area contributed by atoms with Crippen LogP contribution in [0.5, 0.6) is 0 Å². The molecule has 17 heavy (non-hydrogen) atoms. The zero-order valence-corrected chi connectivity index (χ0v) is 10.4. The fourth-order valence-electron chi connectivity index (χ4n) is 0.781. The van der Waals surface area contributed by atoms with E-state index in [0.29, 0.717) is 13.0 Å².